The molecule has 0 N–H and O–H groups in total. The number of nitroso groups, excluding NO2 is 2. The van der Waals surface area contributed by atoms with E-state index in [1.54, 1.807) is 0 Å². The van der Waals surface area contributed by atoms with Crippen molar-refractivity contribution in [1.82, 2.24) is 0 Å². The molecule has 0 radical (unpaired) electrons. The van der Waals surface area contributed by atoms with Crippen LogP contribution < -0.4 is 0 Å². The van der Waals surface area contributed by atoms with Crippen LogP contribution in [0.4, 0.5) is 0 Å². The van der Waals surface area contributed by atoms with Gasteiger partial charge in [-0.3, -0.25) is 0 Å². The quantitative estimate of drug-likeness (QED) is 0.551. The highest BCUT2D eigenvalue weighted by Gasteiger charge is 2.44. The molecule has 0 fully saturated rings. The fourth-order valence-corrected chi connectivity index (χ4v) is 3.61. The zero-order valence-electron chi connectivity index (χ0n) is 11.3. The number of rotatable bonds is 3. The maximum absolute atomic E-state index is 11.2. The van der Waals surface area contributed by atoms with Crippen LogP contribution in [0.3, 0.4) is 0 Å². The van der Waals surface area contributed by atoms with E-state index in [0.717, 1.165) is 24.8 Å². The highest BCUT2D eigenvalue weighted by molar-refractivity contribution is 5.38. The maximum atomic E-state index is 11.2. The van der Waals surface area contributed by atoms with E-state index in [9.17, 15) is 9.81 Å². The largest absolute Gasteiger partial charge is 0.150 e. The van der Waals surface area contributed by atoms with Crippen molar-refractivity contribution in [2.45, 2.75) is 52.5 Å². The van der Waals surface area contributed by atoms with Gasteiger partial charge in [-0.15, -0.1) is 4.91 Å². The fourth-order valence-electron chi connectivity index (χ4n) is 3.61. The Hall–Kier alpha value is -1.32. The predicted octanol–water partition coefficient (Wildman–Crippen LogP) is 4.32. The molecule has 2 aliphatic carbocycles. The van der Waals surface area contributed by atoms with E-state index in [2.05, 4.69) is 24.2 Å². The van der Waals surface area contributed by atoms with Crippen molar-refractivity contribution in [3.63, 3.8) is 0 Å². The lowest BCUT2D eigenvalue weighted by atomic mass is 9.72. The van der Waals surface area contributed by atoms with Gasteiger partial charge in [0.25, 0.3) is 0 Å². The molecule has 0 aromatic rings. The molecule has 0 aromatic heterocycles. The van der Waals surface area contributed by atoms with Crippen LogP contribution in [0.1, 0.15) is 46.5 Å². The fraction of sp³-hybridized carbons (Fsp3) is 0.714. The minimum absolute atomic E-state index is 0.0441. The number of nitrogens with zero attached hydrogens (tertiary/aromatic N) is 2. The Labute approximate surface area is 107 Å². The van der Waals surface area contributed by atoms with Crippen LogP contribution in [0.2, 0.25) is 0 Å². The molecule has 0 spiro atoms. The average Bonchev–Trinajstić information content (AvgIpc) is 2.69. The molecule has 98 valence electrons. The highest BCUT2D eigenvalue weighted by Crippen LogP contribution is 2.52. The van der Waals surface area contributed by atoms with E-state index in [0.29, 0.717) is 0 Å². The van der Waals surface area contributed by atoms with Crippen LogP contribution in [0.25, 0.3) is 0 Å². The molecule has 0 saturated heterocycles. The highest BCUT2D eigenvalue weighted by atomic mass is 16.3. The third-order valence-electron chi connectivity index (χ3n) is 4.49. The summed E-state index contributed by atoms with van der Waals surface area (Å²) in [5, 5.41) is 6.19. The summed E-state index contributed by atoms with van der Waals surface area (Å²) in [5.41, 5.74) is 3.56. The first-order valence-electron chi connectivity index (χ1n) is 6.55. The first-order valence-corrected chi connectivity index (χ1v) is 6.55. The third kappa shape index (κ3) is 2.04. The van der Waals surface area contributed by atoms with Crippen molar-refractivity contribution in [1.29, 1.82) is 0 Å². The van der Waals surface area contributed by atoms with Crippen LogP contribution in [0.5, 0.6) is 0 Å². The Morgan fingerprint density at radius 2 is 2.11 bits per heavy atom. The van der Waals surface area contributed by atoms with Crippen LogP contribution in [0, 0.1) is 21.1 Å². The second-order valence-electron chi connectivity index (χ2n) is 6.09. The molecule has 0 aromatic carbocycles. The Balaban J connectivity index is 2.37. The topological polar surface area (TPSA) is 58.9 Å². The normalized spacial score (nSPS) is 31.2. The molecule has 0 heterocycles. The molecule has 0 unspecified atom stereocenters. The van der Waals surface area contributed by atoms with Crippen LogP contribution in [-0.2, 0) is 0 Å². The Bertz CT molecular complexity index is 435. The van der Waals surface area contributed by atoms with Gasteiger partial charge in [0.2, 0.25) is 0 Å². The molecule has 0 aliphatic heterocycles. The lowest BCUT2D eigenvalue weighted by molar-refractivity contribution is 0.349. The zero-order valence-corrected chi connectivity index (χ0v) is 11.3. The standard InChI is InChI=1S/C14H20N2O2/c1-9(8-15-17)11-7-10-5-4-6-14(2,3)12(10)13(11)16-18/h8,11,13H,4-7H2,1-3H3/b9-8+/t11-,13+/m1/s1. The average molecular weight is 248 g/mol. The summed E-state index contributed by atoms with van der Waals surface area (Å²) in [6.45, 7) is 6.26. The third-order valence-corrected chi connectivity index (χ3v) is 4.49. The second kappa shape index (κ2) is 4.75. The van der Waals surface area contributed by atoms with Gasteiger partial charge < -0.3 is 0 Å². The van der Waals surface area contributed by atoms with Crippen molar-refractivity contribution in [3.8, 4) is 0 Å². The van der Waals surface area contributed by atoms with Crippen molar-refractivity contribution < 1.29 is 0 Å². The van der Waals surface area contributed by atoms with Gasteiger partial charge in [-0.25, -0.2) is 0 Å². The first kappa shape index (κ1) is 13.1. The van der Waals surface area contributed by atoms with Crippen molar-refractivity contribution >= 4 is 0 Å². The number of allylic oxidation sites excluding steroid dienone is 1. The zero-order chi connectivity index (χ0) is 13.3. The lowest BCUT2D eigenvalue weighted by Crippen LogP contribution is -2.27. The van der Waals surface area contributed by atoms with E-state index in [1.165, 1.54) is 23.8 Å². The van der Waals surface area contributed by atoms with E-state index in [-0.39, 0.29) is 17.4 Å². The molecule has 4 heteroatoms. The molecule has 4 nitrogen and oxygen atoms in total. The molecule has 2 aliphatic rings. The number of hydrogen-bond donors (Lipinski definition) is 0. The van der Waals surface area contributed by atoms with Crippen LogP contribution in [0.15, 0.2) is 33.3 Å². The SMILES string of the molecule is C/C(=C\N=O)[C@H]1CC2=C([C@H]1N=O)C(C)(C)CCC2. The summed E-state index contributed by atoms with van der Waals surface area (Å²) in [5.74, 6) is 0.0441. The molecule has 0 saturated carbocycles. The molecule has 0 amide bonds. The van der Waals surface area contributed by atoms with Gasteiger partial charge >= 0.3 is 0 Å². The van der Waals surface area contributed by atoms with E-state index < -0.39 is 0 Å². The summed E-state index contributed by atoms with van der Waals surface area (Å²) in [7, 11) is 0. The lowest BCUT2D eigenvalue weighted by Gasteiger charge is -2.34. The van der Waals surface area contributed by atoms with Gasteiger partial charge in [0, 0.05) is 5.92 Å². The second-order valence-corrected chi connectivity index (χ2v) is 6.09. The molecular formula is C14H20N2O2. The summed E-state index contributed by atoms with van der Waals surface area (Å²) in [6, 6.07) is -0.298. The van der Waals surface area contributed by atoms with E-state index in [4.69, 9.17) is 0 Å². The van der Waals surface area contributed by atoms with Crippen molar-refractivity contribution in [2.24, 2.45) is 21.7 Å². The Kier molecular flexibility index (Phi) is 3.46. The van der Waals surface area contributed by atoms with Gasteiger partial charge in [-0.2, -0.15) is 4.91 Å². The number of hydrogen-bond acceptors (Lipinski definition) is 4. The van der Waals surface area contributed by atoms with Crippen LogP contribution in [-0.4, -0.2) is 6.04 Å². The maximum Gasteiger partial charge on any atom is 0.121 e. The Morgan fingerprint density at radius 3 is 2.72 bits per heavy atom. The molecule has 2 rings (SSSR count). The van der Waals surface area contributed by atoms with E-state index in [1.807, 2.05) is 6.92 Å². The predicted molar refractivity (Wildman–Crippen MR) is 71.9 cm³/mol. The summed E-state index contributed by atoms with van der Waals surface area (Å²) >= 11 is 0. The molecular weight excluding hydrogens is 228 g/mol. The van der Waals surface area contributed by atoms with Crippen molar-refractivity contribution in [2.75, 3.05) is 0 Å². The molecule has 18 heavy (non-hydrogen) atoms. The molecule has 2 atom stereocenters. The Morgan fingerprint density at radius 1 is 1.39 bits per heavy atom. The summed E-state index contributed by atoms with van der Waals surface area (Å²) < 4.78 is 0. The van der Waals surface area contributed by atoms with E-state index >= 15 is 0 Å². The minimum atomic E-state index is -0.298. The first-order chi connectivity index (χ1) is 8.51. The van der Waals surface area contributed by atoms with Gasteiger partial charge in [0.1, 0.15) is 6.04 Å². The van der Waals surface area contributed by atoms with Gasteiger partial charge in [-0.1, -0.05) is 24.6 Å². The van der Waals surface area contributed by atoms with Gasteiger partial charge in [0.15, 0.2) is 0 Å². The van der Waals surface area contributed by atoms with Gasteiger partial charge in [0.05, 0.1) is 6.20 Å². The van der Waals surface area contributed by atoms with Gasteiger partial charge in [-0.05, 0) is 54.3 Å². The summed E-state index contributed by atoms with van der Waals surface area (Å²) in [4.78, 5) is 21.6. The smallest absolute Gasteiger partial charge is 0.121 e. The minimum Gasteiger partial charge on any atom is -0.150 e. The molecule has 0 bridgehead atoms. The van der Waals surface area contributed by atoms with Crippen LogP contribution >= 0.6 is 0 Å². The van der Waals surface area contributed by atoms with Crippen molar-refractivity contribution in [3.05, 3.63) is 32.7 Å². The monoisotopic (exact) mass is 248 g/mol. The summed E-state index contributed by atoms with van der Waals surface area (Å²) in [6.07, 6.45) is 5.56.